The summed E-state index contributed by atoms with van der Waals surface area (Å²) in [5.74, 6) is 0.681. The van der Waals surface area contributed by atoms with E-state index < -0.39 is 19.3 Å². The molecule has 2 aromatic rings. The molecule has 0 aliphatic carbocycles. The second-order valence-corrected chi connectivity index (χ2v) is 11.9. The maximum atomic E-state index is 13.1. The number of allylic oxidation sites excluding steroid dienone is 2. The summed E-state index contributed by atoms with van der Waals surface area (Å²) in [5, 5.41) is 0.498. The van der Waals surface area contributed by atoms with Gasteiger partial charge in [0.25, 0.3) is 10.0 Å². The number of aliphatic imine (C=N–C) groups is 1. The van der Waals surface area contributed by atoms with Crippen LogP contribution in [0.15, 0.2) is 92.3 Å². The number of alkyl halides is 2. The van der Waals surface area contributed by atoms with Crippen molar-refractivity contribution in [2.75, 3.05) is 0 Å². The first-order valence-corrected chi connectivity index (χ1v) is 12.6. The standard InChI is InChI=1S/C21H16Br2ClN3O2S/c1-14-7-10-17(11-8-14)30(28,29)26-20-21(19(22)23,15-5-3-2-4-6-15)27-13-16(24)9-12-18(27)25-20/h2-13,19H,1H3. The highest BCUT2D eigenvalue weighted by Gasteiger charge is 2.54. The average Bonchev–Trinajstić information content (AvgIpc) is 3.02. The minimum absolute atomic E-state index is 0.109. The molecule has 0 spiro atoms. The van der Waals surface area contributed by atoms with Crippen molar-refractivity contribution in [1.82, 2.24) is 4.90 Å². The lowest BCUT2D eigenvalue weighted by molar-refractivity contribution is 0.375. The molecule has 0 bridgehead atoms. The minimum Gasteiger partial charge on any atom is -0.312 e. The van der Waals surface area contributed by atoms with Crippen molar-refractivity contribution in [3.05, 3.63) is 89.1 Å². The molecule has 0 N–H and O–H groups in total. The van der Waals surface area contributed by atoms with Crippen LogP contribution in [0.25, 0.3) is 0 Å². The monoisotopic (exact) mass is 567 g/mol. The second kappa shape index (κ2) is 8.07. The van der Waals surface area contributed by atoms with Crippen molar-refractivity contribution in [2.45, 2.75) is 21.1 Å². The number of hydrogen-bond donors (Lipinski definition) is 0. The fourth-order valence-electron chi connectivity index (χ4n) is 3.40. The van der Waals surface area contributed by atoms with Crippen molar-refractivity contribution >= 4 is 65.2 Å². The Hall–Kier alpha value is -1.74. The van der Waals surface area contributed by atoms with E-state index in [1.165, 1.54) is 0 Å². The molecule has 0 saturated heterocycles. The molecule has 0 aromatic heterocycles. The number of amidine groups is 2. The topological polar surface area (TPSA) is 62.1 Å². The van der Waals surface area contributed by atoms with Crippen molar-refractivity contribution in [2.24, 2.45) is 9.39 Å². The Morgan fingerprint density at radius 2 is 1.73 bits per heavy atom. The molecule has 0 fully saturated rings. The number of fused-ring (bicyclic) bond motifs is 1. The molecule has 4 rings (SSSR count). The summed E-state index contributed by atoms with van der Waals surface area (Å²) in [5.41, 5.74) is 0.694. The van der Waals surface area contributed by atoms with Gasteiger partial charge >= 0.3 is 0 Å². The summed E-state index contributed by atoms with van der Waals surface area (Å²) in [4.78, 5) is 6.53. The van der Waals surface area contributed by atoms with E-state index in [1.54, 1.807) is 42.6 Å². The van der Waals surface area contributed by atoms with Crippen LogP contribution in [-0.4, -0.2) is 28.7 Å². The van der Waals surface area contributed by atoms with Crippen molar-refractivity contribution < 1.29 is 8.42 Å². The van der Waals surface area contributed by atoms with Gasteiger partial charge < -0.3 is 4.90 Å². The number of sulfonamides is 1. The number of aryl methyl sites for hydroxylation is 1. The van der Waals surface area contributed by atoms with Gasteiger partial charge in [0.05, 0.1) is 9.93 Å². The van der Waals surface area contributed by atoms with Crippen molar-refractivity contribution in [3.8, 4) is 0 Å². The summed E-state index contributed by atoms with van der Waals surface area (Å²) in [7, 11) is -3.99. The molecule has 154 valence electrons. The summed E-state index contributed by atoms with van der Waals surface area (Å²) in [6.07, 6.45) is 5.18. The normalized spacial score (nSPS) is 22.3. The third kappa shape index (κ3) is 3.60. The third-order valence-electron chi connectivity index (χ3n) is 4.89. The number of benzene rings is 2. The van der Waals surface area contributed by atoms with Crippen LogP contribution in [0.2, 0.25) is 0 Å². The molecule has 2 heterocycles. The van der Waals surface area contributed by atoms with E-state index in [1.807, 2.05) is 42.2 Å². The molecule has 0 amide bonds. The predicted octanol–water partition coefficient (Wildman–Crippen LogP) is 5.46. The van der Waals surface area contributed by atoms with Crippen molar-refractivity contribution in [3.63, 3.8) is 0 Å². The first-order chi connectivity index (χ1) is 14.2. The Morgan fingerprint density at radius 3 is 2.37 bits per heavy atom. The SMILES string of the molecule is Cc1ccc(S(=O)(=O)N=C2N=C3C=CC(Cl)=CN3C2(c2ccccc2)C(Br)Br)cc1. The average molecular weight is 570 g/mol. The highest BCUT2D eigenvalue weighted by Crippen LogP contribution is 2.46. The number of rotatable bonds is 4. The molecule has 0 saturated carbocycles. The van der Waals surface area contributed by atoms with Crippen LogP contribution < -0.4 is 0 Å². The smallest absolute Gasteiger partial charge is 0.284 e. The van der Waals surface area contributed by atoms with Gasteiger partial charge in [-0.05, 0) is 36.8 Å². The van der Waals surface area contributed by atoms with E-state index in [9.17, 15) is 8.42 Å². The summed E-state index contributed by atoms with van der Waals surface area (Å²) in [6, 6.07) is 16.0. The van der Waals surface area contributed by atoms with Gasteiger partial charge in [-0.2, -0.15) is 8.42 Å². The molecular formula is C21H16Br2ClN3O2S. The van der Waals surface area contributed by atoms with Crippen LogP contribution in [-0.2, 0) is 15.6 Å². The summed E-state index contributed by atoms with van der Waals surface area (Å²) in [6.45, 7) is 1.90. The summed E-state index contributed by atoms with van der Waals surface area (Å²) >= 11 is 13.5. The number of hydrogen-bond acceptors (Lipinski definition) is 3. The van der Waals surface area contributed by atoms with Gasteiger partial charge in [-0.1, -0.05) is 91.5 Å². The molecule has 0 radical (unpaired) electrons. The van der Waals surface area contributed by atoms with E-state index in [-0.39, 0.29) is 10.7 Å². The Morgan fingerprint density at radius 1 is 1.07 bits per heavy atom. The molecule has 2 aliphatic rings. The molecule has 9 heteroatoms. The highest BCUT2D eigenvalue weighted by molar-refractivity contribution is 9.24. The lowest BCUT2D eigenvalue weighted by Crippen LogP contribution is -2.51. The fraction of sp³-hybridized carbons (Fsp3) is 0.143. The second-order valence-electron chi connectivity index (χ2n) is 6.82. The van der Waals surface area contributed by atoms with Gasteiger partial charge in [-0.25, -0.2) is 4.99 Å². The zero-order chi connectivity index (χ0) is 21.5. The van der Waals surface area contributed by atoms with E-state index in [4.69, 9.17) is 11.6 Å². The Balaban J connectivity index is 1.97. The highest BCUT2D eigenvalue weighted by atomic mass is 79.9. The van der Waals surface area contributed by atoms with Crippen LogP contribution in [0.3, 0.4) is 0 Å². The number of halogens is 3. The largest absolute Gasteiger partial charge is 0.312 e. The van der Waals surface area contributed by atoms with Gasteiger partial charge in [0.15, 0.2) is 11.4 Å². The van der Waals surface area contributed by atoms with Crippen LogP contribution in [0.5, 0.6) is 0 Å². The quantitative estimate of drug-likeness (QED) is 0.460. The van der Waals surface area contributed by atoms with E-state index in [0.29, 0.717) is 10.9 Å². The molecule has 1 atom stereocenters. The van der Waals surface area contributed by atoms with Crippen molar-refractivity contribution in [1.29, 1.82) is 0 Å². The Labute approximate surface area is 197 Å². The molecule has 5 nitrogen and oxygen atoms in total. The molecule has 2 aliphatic heterocycles. The van der Waals surface area contributed by atoms with Crippen LogP contribution in [0, 0.1) is 6.92 Å². The molecular weight excluding hydrogens is 554 g/mol. The first kappa shape index (κ1) is 21.5. The zero-order valence-electron chi connectivity index (χ0n) is 15.7. The maximum Gasteiger partial charge on any atom is 0.284 e. The fourth-order valence-corrected chi connectivity index (χ4v) is 5.93. The Kier molecular flexibility index (Phi) is 5.78. The molecule has 1 unspecified atom stereocenters. The van der Waals surface area contributed by atoms with Gasteiger partial charge in [0.2, 0.25) is 0 Å². The first-order valence-electron chi connectivity index (χ1n) is 8.94. The van der Waals surface area contributed by atoms with Gasteiger partial charge in [-0.15, -0.1) is 4.40 Å². The van der Waals surface area contributed by atoms with E-state index in [2.05, 4.69) is 41.3 Å². The maximum absolute atomic E-state index is 13.1. The molecule has 2 aromatic carbocycles. The van der Waals surface area contributed by atoms with Crippen LogP contribution in [0.4, 0.5) is 0 Å². The van der Waals surface area contributed by atoms with Gasteiger partial charge in [-0.3, -0.25) is 0 Å². The van der Waals surface area contributed by atoms with Gasteiger partial charge in [0.1, 0.15) is 9.57 Å². The lowest BCUT2D eigenvalue weighted by Gasteiger charge is -2.40. The Bertz CT molecular complexity index is 1210. The number of nitrogens with zero attached hydrogens (tertiary/aromatic N) is 3. The predicted molar refractivity (Wildman–Crippen MR) is 128 cm³/mol. The zero-order valence-corrected chi connectivity index (χ0v) is 20.5. The van der Waals surface area contributed by atoms with E-state index in [0.717, 1.165) is 11.1 Å². The van der Waals surface area contributed by atoms with E-state index >= 15 is 0 Å². The minimum atomic E-state index is -3.99. The van der Waals surface area contributed by atoms with Crippen LogP contribution >= 0.6 is 43.5 Å². The van der Waals surface area contributed by atoms with Crippen LogP contribution in [0.1, 0.15) is 11.1 Å². The molecule has 30 heavy (non-hydrogen) atoms. The third-order valence-corrected chi connectivity index (χ3v) is 7.72. The summed E-state index contributed by atoms with van der Waals surface area (Å²) < 4.78 is 30.1. The van der Waals surface area contributed by atoms with Gasteiger partial charge in [0, 0.05) is 6.20 Å². The lowest BCUT2D eigenvalue weighted by atomic mass is 9.89.